The van der Waals surface area contributed by atoms with Gasteiger partial charge in [0.15, 0.2) is 11.5 Å². The lowest BCUT2D eigenvalue weighted by Crippen LogP contribution is -2.31. The maximum atomic E-state index is 11.9. The lowest BCUT2D eigenvalue weighted by atomic mass is 10.2. The Morgan fingerprint density at radius 1 is 1.37 bits per heavy atom. The molecule has 2 N–H and O–H groups in total. The van der Waals surface area contributed by atoms with Crippen molar-refractivity contribution in [3.05, 3.63) is 22.7 Å². The molecule has 0 radical (unpaired) electrons. The van der Waals surface area contributed by atoms with Crippen LogP contribution in [0.5, 0.6) is 11.5 Å². The zero-order valence-corrected chi connectivity index (χ0v) is 12.1. The summed E-state index contributed by atoms with van der Waals surface area (Å²) in [6.45, 7) is 4.34. The lowest BCUT2D eigenvalue weighted by Gasteiger charge is -2.07. The van der Waals surface area contributed by atoms with Gasteiger partial charge in [-0.15, -0.1) is 12.4 Å². The molecule has 0 aromatic heterocycles. The molecule has 1 aliphatic rings. The van der Waals surface area contributed by atoms with E-state index in [9.17, 15) is 4.79 Å². The van der Waals surface area contributed by atoms with Gasteiger partial charge < -0.3 is 20.1 Å². The Bertz CT molecular complexity index is 455. The van der Waals surface area contributed by atoms with Crippen LogP contribution in [0.4, 0.5) is 0 Å². The van der Waals surface area contributed by atoms with Crippen LogP contribution in [0.25, 0.3) is 0 Å². The Labute approximate surface area is 123 Å². The highest BCUT2D eigenvalue weighted by atomic mass is 35.5. The van der Waals surface area contributed by atoms with E-state index in [2.05, 4.69) is 10.6 Å². The molecule has 0 bridgehead atoms. The van der Waals surface area contributed by atoms with Crippen LogP contribution in [0.2, 0.25) is 5.02 Å². The molecule has 5 nitrogen and oxygen atoms in total. The van der Waals surface area contributed by atoms with E-state index in [4.69, 9.17) is 21.1 Å². The van der Waals surface area contributed by atoms with E-state index in [0.29, 0.717) is 28.6 Å². The normalized spacial score (nSPS) is 11.9. The third-order valence-electron chi connectivity index (χ3n) is 2.53. The summed E-state index contributed by atoms with van der Waals surface area (Å²) < 4.78 is 10.4. The van der Waals surface area contributed by atoms with Crippen molar-refractivity contribution in [3.63, 3.8) is 0 Å². The van der Waals surface area contributed by atoms with Gasteiger partial charge in [0.2, 0.25) is 6.79 Å². The first-order chi connectivity index (χ1) is 8.72. The first-order valence-corrected chi connectivity index (χ1v) is 6.18. The Morgan fingerprint density at radius 3 is 2.89 bits per heavy atom. The SMILES string of the molecule is CCNCCNC(=O)c1cc(Cl)c2c(c1)OCO2.Cl. The largest absolute Gasteiger partial charge is 0.454 e. The molecule has 1 aliphatic heterocycles. The van der Waals surface area contributed by atoms with Crippen LogP contribution < -0.4 is 20.1 Å². The highest BCUT2D eigenvalue weighted by Gasteiger charge is 2.20. The molecule has 0 spiro atoms. The second-order valence-corrected chi connectivity index (χ2v) is 4.21. The number of likely N-dealkylation sites (N-methyl/N-ethyl adjacent to an activating group) is 1. The number of halogens is 2. The zero-order valence-electron chi connectivity index (χ0n) is 10.5. The van der Waals surface area contributed by atoms with Crippen molar-refractivity contribution in [1.29, 1.82) is 0 Å². The maximum Gasteiger partial charge on any atom is 0.251 e. The van der Waals surface area contributed by atoms with E-state index in [1.54, 1.807) is 12.1 Å². The molecule has 0 aliphatic carbocycles. The van der Waals surface area contributed by atoms with Crippen LogP contribution in [0.15, 0.2) is 12.1 Å². The van der Waals surface area contributed by atoms with Crippen LogP contribution in [-0.4, -0.2) is 32.3 Å². The molecule has 0 fully saturated rings. The van der Waals surface area contributed by atoms with Gasteiger partial charge in [-0.1, -0.05) is 18.5 Å². The third kappa shape index (κ3) is 3.89. The van der Waals surface area contributed by atoms with Crippen LogP contribution in [0.3, 0.4) is 0 Å². The van der Waals surface area contributed by atoms with E-state index in [1.807, 2.05) is 6.92 Å². The van der Waals surface area contributed by atoms with Crippen LogP contribution in [-0.2, 0) is 0 Å². The van der Waals surface area contributed by atoms with Crippen molar-refractivity contribution in [1.82, 2.24) is 10.6 Å². The van der Waals surface area contributed by atoms with Crippen molar-refractivity contribution >= 4 is 29.9 Å². The van der Waals surface area contributed by atoms with Crippen molar-refractivity contribution in [2.75, 3.05) is 26.4 Å². The molecule has 1 aromatic rings. The average Bonchev–Trinajstić information content (AvgIpc) is 2.83. The van der Waals surface area contributed by atoms with Gasteiger partial charge in [-0.05, 0) is 18.7 Å². The molecule has 1 heterocycles. The summed E-state index contributed by atoms with van der Waals surface area (Å²) in [5.41, 5.74) is 0.473. The van der Waals surface area contributed by atoms with Crippen molar-refractivity contribution < 1.29 is 14.3 Å². The van der Waals surface area contributed by atoms with E-state index < -0.39 is 0 Å². The molecule has 0 saturated carbocycles. The number of carbonyl (C=O) groups is 1. The average molecular weight is 307 g/mol. The summed E-state index contributed by atoms with van der Waals surface area (Å²) in [4.78, 5) is 11.9. The molecule has 1 amide bonds. The van der Waals surface area contributed by atoms with Crippen molar-refractivity contribution in [3.8, 4) is 11.5 Å². The summed E-state index contributed by atoms with van der Waals surface area (Å²) in [6.07, 6.45) is 0. The highest BCUT2D eigenvalue weighted by molar-refractivity contribution is 6.32. The number of carbonyl (C=O) groups excluding carboxylic acids is 1. The van der Waals surface area contributed by atoms with E-state index in [1.165, 1.54) is 0 Å². The topological polar surface area (TPSA) is 59.6 Å². The number of benzene rings is 1. The number of amides is 1. The Balaban J connectivity index is 0.00000180. The summed E-state index contributed by atoms with van der Waals surface area (Å²) in [7, 11) is 0. The fourth-order valence-corrected chi connectivity index (χ4v) is 1.91. The van der Waals surface area contributed by atoms with Gasteiger partial charge in [0, 0.05) is 18.7 Å². The summed E-state index contributed by atoms with van der Waals surface area (Å²) in [6, 6.07) is 3.22. The Morgan fingerprint density at radius 2 is 2.16 bits per heavy atom. The third-order valence-corrected chi connectivity index (χ3v) is 2.81. The zero-order chi connectivity index (χ0) is 13.0. The summed E-state index contributed by atoms with van der Waals surface area (Å²) >= 11 is 6.01. The molecule has 19 heavy (non-hydrogen) atoms. The molecular formula is C12H16Cl2N2O3. The predicted octanol–water partition coefficient (Wildman–Crippen LogP) is 1.83. The molecule has 106 valence electrons. The molecule has 2 rings (SSSR count). The monoisotopic (exact) mass is 306 g/mol. The van der Waals surface area contributed by atoms with Gasteiger partial charge in [0.1, 0.15) is 0 Å². The standard InChI is InChI=1S/C12H15ClN2O3.ClH/c1-2-14-3-4-15-12(16)8-5-9(13)11-10(6-8)17-7-18-11;/h5-6,14H,2-4,7H2,1H3,(H,15,16);1H. The van der Waals surface area contributed by atoms with Crippen LogP contribution in [0.1, 0.15) is 17.3 Å². The van der Waals surface area contributed by atoms with Gasteiger partial charge in [-0.3, -0.25) is 4.79 Å². The number of fused-ring (bicyclic) bond motifs is 1. The minimum atomic E-state index is -0.173. The summed E-state index contributed by atoms with van der Waals surface area (Å²) in [5.74, 6) is 0.841. The lowest BCUT2D eigenvalue weighted by molar-refractivity contribution is 0.0953. The number of nitrogens with one attached hydrogen (secondary N) is 2. The minimum Gasteiger partial charge on any atom is -0.454 e. The smallest absolute Gasteiger partial charge is 0.251 e. The molecule has 1 aromatic carbocycles. The van der Waals surface area contributed by atoms with Crippen molar-refractivity contribution in [2.45, 2.75) is 6.92 Å². The van der Waals surface area contributed by atoms with Gasteiger partial charge in [0.05, 0.1) is 5.02 Å². The van der Waals surface area contributed by atoms with Crippen LogP contribution in [0, 0.1) is 0 Å². The minimum absolute atomic E-state index is 0. The van der Waals surface area contributed by atoms with E-state index >= 15 is 0 Å². The molecule has 0 saturated heterocycles. The van der Waals surface area contributed by atoms with E-state index in [-0.39, 0.29) is 25.1 Å². The summed E-state index contributed by atoms with van der Waals surface area (Å²) in [5, 5.41) is 6.31. The van der Waals surface area contributed by atoms with Crippen LogP contribution >= 0.6 is 24.0 Å². The Kier molecular flexibility index (Phi) is 6.21. The molecule has 0 unspecified atom stereocenters. The predicted molar refractivity (Wildman–Crippen MR) is 75.7 cm³/mol. The highest BCUT2D eigenvalue weighted by Crippen LogP contribution is 2.39. The van der Waals surface area contributed by atoms with E-state index in [0.717, 1.165) is 13.1 Å². The first-order valence-electron chi connectivity index (χ1n) is 5.80. The van der Waals surface area contributed by atoms with Gasteiger partial charge >= 0.3 is 0 Å². The molecule has 7 heteroatoms. The van der Waals surface area contributed by atoms with Gasteiger partial charge in [-0.2, -0.15) is 0 Å². The number of rotatable bonds is 5. The number of ether oxygens (including phenoxy) is 2. The second-order valence-electron chi connectivity index (χ2n) is 3.80. The van der Waals surface area contributed by atoms with Crippen molar-refractivity contribution in [2.24, 2.45) is 0 Å². The Hall–Kier alpha value is -1.17. The first kappa shape index (κ1) is 15.9. The fourth-order valence-electron chi connectivity index (χ4n) is 1.64. The van der Waals surface area contributed by atoms with Gasteiger partial charge in [0.25, 0.3) is 5.91 Å². The van der Waals surface area contributed by atoms with Gasteiger partial charge in [-0.25, -0.2) is 0 Å². The fraction of sp³-hybridized carbons (Fsp3) is 0.417. The quantitative estimate of drug-likeness (QED) is 0.815. The number of hydrogen-bond donors (Lipinski definition) is 2. The molecule has 0 atom stereocenters. The molecular weight excluding hydrogens is 291 g/mol. The number of hydrogen-bond acceptors (Lipinski definition) is 4. The maximum absolute atomic E-state index is 11.9. The second kappa shape index (κ2) is 7.43.